The minimum Gasteiger partial charge on any atom is -0.453 e. The van der Waals surface area contributed by atoms with Gasteiger partial charge < -0.3 is 9.47 Å². The second-order valence-corrected chi connectivity index (χ2v) is 9.79. The smallest absolute Gasteiger partial charge is 0.156 e. The van der Waals surface area contributed by atoms with E-state index in [1.165, 1.54) is 11.1 Å². The van der Waals surface area contributed by atoms with E-state index in [0.717, 1.165) is 62.3 Å². The monoisotopic (exact) mass is 501 g/mol. The van der Waals surface area contributed by atoms with Crippen molar-refractivity contribution in [2.75, 3.05) is 4.90 Å². The number of fused-ring (bicyclic) bond motifs is 4. The highest BCUT2D eigenvalue weighted by Gasteiger charge is 2.35. The van der Waals surface area contributed by atoms with Gasteiger partial charge in [-0.15, -0.1) is 0 Å². The lowest BCUT2D eigenvalue weighted by Crippen LogP contribution is -2.20. The maximum atomic E-state index is 6.49. The molecule has 2 aliphatic heterocycles. The molecule has 0 fully saturated rings. The number of nitrogens with zero attached hydrogens (tertiary/aromatic N) is 1. The molecule has 3 nitrogen and oxygen atoms in total. The third kappa shape index (κ3) is 3.52. The minimum atomic E-state index is 0.782. The molecule has 3 heteroatoms. The fraction of sp³-hybridized carbons (Fsp3) is 0. The molecule has 6 aromatic rings. The van der Waals surface area contributed by atoms with Crippen LogP contribution in [0.1, 0.15) is 0 Å². The maximum Gasteiger partial charge on any atom is 0.156 e. The first kappa shape index (κ1) is 21.8. The summed E-state index contributed by atoms with van der Waals surface area (Å²) < 4.78 is 13.0. The molecule has 8 rings (SSSR count). The summed E-state index contributed by atoms with van der Waals surface area (Å²) in [4.78, 5) is 2.25. The summed E-state index contributed by atoms with van der Waals surface area (Å²) in [5.41, 5.74) is 9.86. The van der Waals surface area contributed by atoms with E-state index in [9.17, 15) is 0 Å². The minimum absolute atomic E-state index is 0.782. The SMILES string of the molecule is c1ccc(-c2ccc(-c3ccccc3-c3cc4c5c(c3)Oc3ccccc3N5c3ccccc3O4)cc2)cc1. The lowest BCUT2D eigenvalue weighted by Gasteiger charge is -2.38. The van der Waals surface area contributed by atoms with Gasteiger partial charge in [0.15, 0.2) is 23.0 Å². The third-order valence-corrected chi connectivity index (χ3v) is 7.46. The van der Waals surface area contributed by atoms with Crippen molar-refractivity contribution in [3.05, 3.63) is 140 Å². The predicted molar refractivity (Wildman–Crippen MR) is 158 cm³/mol. The van der Waals surface area contributed by atoms with E-state index in [2.05, 4.69) is 102 Å². The summed E-state index contributed by atoms with van der Waals surface area (Å²) in [6, 6.07) is 48.4. The van der Waals surface area contributed by atoms with E-state index in [-0.39, 0.29) is 0 Å². The average molecular weight is 502 g/mol. The lowest BCUT2D eigenvalue weighted by atomic mass is 9.92. The molecule has 2 aliphatic rings. The first-order chi connectivity index (χ1) is 19.3. The number of para-hydroxylation sites is 4. The standard InChI is InChI=1S/C36H23NO2/c1-2-10-24(11-3-1)25-18-20-26(21-19-25)28-12-4-5-13-29(28)27-22-34-36-35(23-27)39-33-17-9-7-15-31(33)37(36)30-14-6-8-16-32(30)38-34/h1-23H. The van der Waals surface area contributed by atoms with Gasteiger partial charge in [0.25, 0.3) is 0 Å². The van der Waals surface area contributed by atoms with Crippen molar-refractivity contribution in [2.24, 2.45) is 0 Å². The molecule has 6 aromatic carbocycles. The van der Waals surface area contributed by atoms with Crippen LogP contribution >= 0.6 is 0 Å². The van der Waals surface area contributed by atoms with Crippen LogP contribution in [0.4, 0.5) is 17.1 Å². The summed E-state index contributed by atoms with van der Waals surface area (Å²) in [6.45, 7) is 0. The molecule has 0 amide bonds. The summed E-state index contributed by atoms with van der Waals surface area (Å²) in [6.07, 6.45) is 0. The number of hydrogen-bond acceptors (Lipinski definition) is 3. The predicted octanol–water partition coefficient (Wildman–Crippen LogP) is 10.4. The van der Waals surface area contributed by atoms with Gasteiger partial charge in [0.1, 0.15) is 5.69 Å². The second kappa shape index (κ2) is 8.64. The number of ether oxygens (including phenoxy) is 2. The van der Waals surface area contributed by atoms with Crippen molar-refractivity contribution < 1.29 is 9.47 Å². The largest absolute Gasteiger partial charge is 0.453 e. The Balaban J connectivity index is 1.27. The Hall–Kier alpha value is -5.28. The van der Waals surface area contributed by atoms with Crippen LogP contribution in [-0.4, -0.2) is 0 Å². The molecule has 184 valence electrons. The zero-order valence-electron chi connectivity index (χ0n) is 21.0. The molecule has 39 heavy (non-hydrogen) atoms. The van der Waals surface area contributed by atoms with Gasteiger partial charge in [-0.25, -0.2) is 0 Å². The van der Waals surface area contributed by atoms with E-state index >= 15 is 0 Å². The van der Waals surface area contributed by atoms with Crippen molar-refractivity contribution in [3.63, 3.8) is 0 Å². The third-order valence-electron chi connectivity index (χ3n) is 7.46. The van der Waals surface area contributed by atoms with Crippen molar-refractivity contribution in [1.82, 2.24) is 0 Å². The molecule has 0 saturated carbocycles. The fourth-order valence-corrected chi connectivity index (χ4v) is 5.64. The highest BCUT2D eigenvalue weighted by molar-refractivity contribution is 5.96. The van der Waals surface area contributed by atoms with Gasteiger partial charge in [0, 0.05) is 0 Å². The quantitative estimate of drug-likeness (QED) is 0.240. The van der Waals surface area contributed by atoms with Crippen LogP contribution < -0.4 is 14.4 Å². The maximum absolute atomic E-state index is 6.49. The summed E-state index contributed by atoms with van der Waals surface area (Å²) >= 11 is 0. The molecule has 0 bridgehead atoms. The molecule has 0 aliphatic carbocycles. The van der Waals surface area contributed by atoms with E-state index in [0.29, 0.717) is 0 Å². The zero-order chi connectivity index (χ0) is 25.8. The van der Waals surface area contributed by atoms with Gasteiger partial charge in [0.05, 0.1) is 11.4 Å². The fourth-order valence-electron chi connectivity index (χ4n) is 5.64. The van der Waals surface area contributed by atoms with E-state index < -0.39 is 0 Å². The molecule has 0 spiro atoms. The summed E-state index contributed by atoms with van der Waals surface area (Å²) in [5, 5.41) is 0. The second-order valence-electron chi connectivity index (χ2n) is 9.79. The number of rotatable bonds is 3. The normalized spacial score (nSPS) is 12.5. The Kier molecular flexibility index (Phi) is 4.82. The van der Waals surface area contributed by atoms with Crippen LogP contribution in [0.5, 0.6) is 23.0 Å². The van der Waals surface area contributed by atoms with Gasteiger partial charge in [-0.1, -0.05) is 103 Å². The van der Waals surface area contributed by atoms with Crippen LogP contribution in [0.25, 0.3) is 33.4 Å². The first-order valence-corrected chi connectivity index (χ1v) is 13.1. The van der Waals surface area contributed by atoms with Crippen LogP contribution in [0, 0.1) is 0 Å². The summed E-state index contributed by atoms with van der Waals surface area (Å²) in [5.74, 6) is 3.22. The van der Waals surface area contributed by atoms with Crippen LogP contribution in [0.2, 0.25) is 0 Å². The Morgan fingerprint density at radius 2 is 0.821 bits per heavy atom. The van der Waals surface area contributed by atoms with Crippen LogP contribution in [0.15, 0.2) is 140 Å². The Bertz CT molecular complexity index is 1790. The van der Waals surface area contributed by atoms with Gasteiger partial charge in [-0.3, -0.25) is 4.90 Å². The zero-order valence-corrected chi connectivity index (χ0v) is 21.0. The van der Waals surface area contributed by atoms with Gasteiger partial charge in [-0.2, -0.15) is 0 Å². The Morgan fingerprint density at radius 1 is 0.359 bits per heavy atom. The van der Waals surface area contributed by atoms with Crippen molar-refractivity contribution in [2.45, 2.75) is 0 Å². The number of hydrogen-bond donors (Lipinski definition) is 0. The van der Waals surface area contributed by atoms with Crippen molar-refractivity contribution >= 4 is 17.1 Å². The molecule has 0 atom stereocenters. The van der Waals surface area contributed by atoms with Gasteiger partial charge >= 0.3 is 0 Å². The van der Waals surface area contributed by atoms with Gasteiger partial charge in [0.2, 0.25) is 0 Å². The Labute approximate surface area is 227 Å². The van der Waals surface area contributed by atoms with Crippen molar-refractivity contribution in [3.8, 4) is 56.4 Å². The molecule has 0 radical (unpaired) electrons. The summed E-state index contributed by atoms with van der Waals surface area (Å²) in [7, 11) is 0. The van der Waals surface area contributed by atoms with E-state index in [4.69, 9.17) is 9.47 Å². The van der Waals surface area contributed by atoms with Crippen LogP contribution in [-0.2, 0) is 0 Å². The first-order valence-electron chi connectivity index (χ1n) is 13.1. The van der Waals surface area contributed by atoms with E-state index in [1.807, 2.05) is 42.5 Å². The van der Waals surface area contributed by atoms with Crippen LogP contribution in [0.3, 0.4) is 0 Å². The highest BCUT2D eigenvalue weighted by Crippen LogP contribution is 2.60. The molecule has 0 N–H and O–H groups in total. The van der Waals surface area contributed by atoms with E-state index in [1.54, 1.807) is 0 Å². The van der Waals surface area contributed by atoms with Gasteiger partial charge in [-0.05, 0) is 69.8 Å². The number of anilines is 3. The molecule has 0 aromatic heterocycles. The molecule has 2 heterocycles. The van der Waals surface area contributed by atoms with Crippen molar-refractivity contribution in [1.29, 1.82) is 0 Å². The molecule has 0 unspecified atom stereocenters. The molecular weight excluding hydrogens is 478 g/mol. The Morgan fingerprint density at radius 3 is 1.44 bits per heavy atom. The number of benzene rings is 6. The highest BCUT2D eigenvalue weighted by atomic mass is 16.5. The lowest BCUT2D eigenvalue weighted by molar-refractivity contribution is 0.446. The molecule has 0 saturated heterocycles. The molecular formula is C36H23NO2. The average Bonchev–Trinajstić information content (AvgIpc) is 3.01. The topological polar surface area (TPSA) is 21.7 Å².